The summed E-state index contributed by atoms with van der Waals surface area (Å²) in [5.74, 6) is -0.0758. The van der Waals surface area contributed by atoms with Gasteiger partial charge < -0.3 is 5.32 Å². The molecule has 0 saturated heterocycles. The van der Waals surface area contributed by atoms with Gasteiger partial charge in [-0.15, -0.1) is 11.3 Å². The van der Waals surface area contributed by atoms with Crippen LogP contribution in [0.5, 0.6) is 0 Å². The van der Waals surface area contributed by atoms with Gasteiger partial charge >= 0.3 is 0 Å². The Balaban J connectivity index is 1.81. The zero-order chi connectivity index (χ0) is 11.4. The molecule has 2 aromatic heterocycles. The number of nitrogens with zero attached hydrogens (tertiary/aromatic N) is 2. The van der Waals surface area contributed by atoms with Gasteiger partial charge in [-0.05, 0) is 17.5 Å². The van der Waals surface area contributed by atoms with Crippen molar-refractivity contribution in [2.24, 2.45) is 0 Å². The van der Waals surface area contributed by atoms with Gasteiger partial charge in [-0.25, -0.2) is 0 Å². The average Bonchev–Trinajstić information content (AvgIpc) is 2.87. The molecule has 0 bridgehead atoms. The molecular formula is C10H10ClN3OS. The van der Waals surface area contributed by atoms with E-state index in [9.17, 15) is 4.79 Å². The molecule has 0 saturated carbocycles. The van der Waals surface area contributed by atoms with E-state index in [0.717, 1.165) is 4.88 Å². The number of aromatic nitrogens is 2. The van der Waals surface area contributed by atoms with Crippen molar-refractivity contribution in [2.75, 3.05) is 0 Å². The summed E-state index contributed by atoms with van der Waals surface area (Å²) in [6.45, 7) is 0.754. The lowest BCUT2D eigenvalue weighted by atomic mass is 10.4. The number of hydrogen-bond donors (Lipinski definition) is 1. The third kappa shape index (κ3) is 3.08. The summed E-state index contributed by atoms with van der Waals surface area (Å²) < 4.78 is 1.51. The van der Waals surface area contributed by atoms with E-state index in [1.165, 1.54) is 4.68 Å². The van der Waals surface area contributed by atoms with Crippen LogP contribution in [0.2, 0.25) is 5.15 Å². The van der Waals surface area contributed by atoms with Gasteiger partial charge in [0.2, 0.25) is 5.91 Å². The van der Waals surface area contributed by atoms with Gasteiger partial charge in [0, 0.05) is 11.1 Å². The van der Waals surface area contributed by atoms with Gasteiger partial charge in [-0.3, -0.25) is 9.48 Å². The van der Waals surface area contributed by atoms with Crippen LogP contribution >= 0.6 is 22.9 Å². The molecule has 0 fully saturated rings. The monoisotopic (exact) mass is 255 g/mol. The predicted octanol–water partition coefficient (Wildman–Crippen LogP) is 1.91. The van der Waals surface area contributed by atoms with Gasteiger partial charge in [0.15, 0.2) is 5.15 Å². The quantitative estimate of drug-likeness (QED) is 0.907. The van der Waals surface area contributed by atoms with Crippen molar-refractivity contribution in [2.45, 2.75) is 13.1 Å². The van der Waals surface area contributed by atoms with E-state index in [-0.39, 0.29) is 12.5 Å². The number of halogens is 1. The molecule has 0 unspecified atom stereocenters. The molecule has 2 aromatic rings. The smallest absolute Gasteiger partial charge is 0.242 e. The molecule has 6 heteroatoms. The SMILES string of the molecule is O=C(Cn1ccc(Cl)n1)NCc1cccs1. The molecule has 0 radical (unpaired) electrons. The van der Waals surface area contributed by atoms with E-state index in [1.807, 2.05) is 17.5 Å². The van der Waals surface area contributed by atoms with E-state index in [4.69, 9.17) is 11.6 Å². The average molecular weight is 256 g/mol. The van der Waals surface area contributed by atoms with Crippen LogP contribution in [0.15, 0.2) is 29.8 Å². The third-order valence-corrected chi connectivity index (χ3v) is 3.03. The summed E-state index contributed by atoms with van der Waals surface area (Å²) in [6, 6.07) is 5.59. The normalized spacial score (nSPS) is 10.3. The number of amides is 1. The zero-order valence-corrected chi connectivity index (χ0v) is 9.96. The maximum Gasteiger partial charge on any atom is 0.242 e. The van der Waals surface area contributed by atoms with Crippen molar-refractivity contribution >= 4 is 28.8 Å². The molecule has 2 rings (SSSR count). The number of rotatable bonds is 4. The van der Waals surface area contributed by atoms with E-state index in [2.05, 4.69) is 10.4 Å². The van der Waals surface area contributed by atoms with Crippen LogP contribution in [-0.2, 0) is 17.9 Å². The standard InChI is InChI=1S/C10H10ClN3OS/c11-9-3-4-14(13-9)7-10(15)12-6-8-2-1-5-16-8/h1-5H,6-7H2,(H,12,15). The van der Waals surface area contributed by atoms with Crippen LogP contribution < -0.4 is 5.32 Å². The minimum Gasteiger partial charge on any atom is -0.350 e. The molecular weight excluding hydrogens is 246 g/mol. The Hall–Kier alpha value is -1.33. The Bertz CT molecular complexity index is 466. The van der Waals surface area contributed by atoms with Crippen LogP contribution in [0.3, 0.4) is 0 Å². The van der Waals surface area contributed by atoms with Crippen molar-refractivity contribution in [3.8, 4) is 0 Å². The first-order valence-electron chi connectivity index (χ1n) is 4.72. The summed E-state index contributed by atoms with van der Waals surface area (Å²) in [6.07, 6.45) is 1.67. The highest BCUT2D eigenvalue weighted by Crippen LogP contribution is 2.07. The molecule has 0 atom stereocenters. The summed E-state index contributed by atoms with van der Waals surface area (Å²) in [7, 11) is 0. The van der Waals surface area contributed by atoms with Crippen molar-refractivity contribution in [3.05, 3.63) is 39.8 Å². The fourth-order valence-electron chi connectivity index (χ4n) is 1.23. The lowest BCUT2D eigenvalue weighted by Crippen LogP contribution is -2.26. The van der Waals surface area contributed by atoms with E-state index in [1.54, 1.807) is 23.6 Å². The van der Waals surface area contributed by atoms with E-state index >= 15 is 0 Å². The van der Waals surface area contributed by atoms with Gasteiger partial charge in [0.25, 0.3) is 0 Å². The minimum absolute atomic E-state index is 0.0758. The fraction of sp³-hybridized carbons (Fsp3) is 0.200. The largest absolute Gasteiger partial charge is 0.350 e. The summed E-state index contributed by atoms with van der Waals surface area (Å²) >= 11 is 7.26. The molecule has 84 valence electrons. The number of carbonyl (C=O) groups excluding carboxylic acids is 1. The minimum atomic E-state index is -0.0758. The Kier molecular flexibility index (Phi) is 3.58. The summed E-state index contributed by atoms with van der Waals surface area (Å²) in [5, 5.41) is 9.11. The first kappa shape index (κ1) is 11.2. The summed E-state index contributed by atoms with van der Waals surface area (Å²) in [4.78, 5) is 12.6. The van der Waals surface area contributed by atoms with Crippen LogP contribution in [0, 0.1) is 0 Å². The second kappa shape index (κ2) is 5.14. The topological polar surface area (TPSA) is 46.9 Å². The third-order valence-electron chi connectivity index (χ3n) is 1.95. The molecule has 0 aliphatic heterocycles. The van der Waals surface area contributed by atoms with Crippen molar-refractivity contribution in [3.63, 3.8) is 0 Å². The Morgan fingerprint density at radius 1 is 1.56 bits per heavy atom. The molecule has 1 amide bonds. The van der Waals surface area contributed by atoms with E-state index in [0.29, 0.717) is 11.7 Å². The first-order chi connectivity index (χ1) is 7.74. The molecule has 0 aliphatic carbocycles. The number of nitrogens with one attached hydrogen (secondary N) is 1. The number of hydrogen-bond acceptors (Lipinski definition) is 3. The predicted molar refractivity (Wildman–Crippen MR) is 63.4 cm³/mol. The molecule has 1 N–H and O–H groups in total. The lowest BCUT2D eigenvalue weighted by Gasteiger charge is -2.03. The van der Waals surface area contributed by atoms with Gasteiger partial charge in [0.05, 0.1) is 6.54 Å². The van der Waals surface area contributed by atoms with Gasteiger partial charge in [-0.1, -0.05) is 17.7 Å². The lowest BCUT2D eigenvalue weighted by molar-refractivity contribution is -0.122. The zero-order valence-electron chi connectivity index (χ0n) is 8.39. The highest BCUT2D eigenvalue weighted by molar-refractivity contribution is 7.09. The molecule has 0 spiro atoms. The van der Waals surface area contributed by atoms with Crippen LogP contribution in [0.25, 0.3) is 0 Å². The fourth-order valence-corrected chi connectivity index (χ4v) is 2.02. The van der Waals surface area contributed by atoms with Crippen molar-refractivity contribution < 1.29 is 4.79 Å². The van der Waals surface area contributed by atoms with Crippen LogP contribution in [0.4, 0.5) is 0 Å². The molecule has 4 nitrogen and oxygen atoms in total. The van der Waals surface area contributed by atoms with Crippen molar-refractivity contribution in [1.82, 2.24) is 15.1 Å². The van der Waals surface area contributed by atoms with Crippen LogP contribution in [0.1, 0.15) is 4.88 Å². The Labute approximate surface area is 102 Å². The maximum absolute atomic E-state index is 11.5. The Morgan fingerprint density at radius 2 is 2.44 bits per heavy atom. The number of thiophene rings is 1. The highest BCUT2D eigenvalue weighted by Gasteiger charge is 2.04. The molecule has 16 heavy (non-hydrogen) atoms. The van der Waals surface area contributed by atoms with Gasteiger partial charge in [-0.2, -0.15) is 5.10 Å². The van der Waals surface area contributed by atoms with Crippen molar-refractivity contribution in [1.29, 1.82) is 0 Å². The first-order valence-corrected chi connectivity index (χ1v) is 5.98. The second-order valence-electron chi connectivity index (χ2n) is 3.19. The molecule has 0 aromatic carbocycles. The highest BCUT2D eigenvalue weighted by atomic mass is 35.5. The molecule has 2 heterocycles. The van der Waals surface area contributed by atoms with Gasteiger partial charge in [0.1, 0.15) is 6.54 Å². The molecule has 0 aliphatic rings. The van der Waals surface area contributed by atoms with Crippen LogP contribution in [-0.4, -0.2) is 15.7 Å². The maximum atomic E-state index is 11.5. The Morgan fingerprint density at radius 3 is 3.06 bits per heavy atom. The van der Waals surface area contributed by atoms with E-state index < -0.39 is 0 Å². The second-order valence-corrected chi connectivity index (χ2v) is 4.61. The number of carbonyl (C=O) groups is 1. The summed E-state index contributed by atoms with van der Waals surface area (Å²) in [5.41, 5.74) is 0.